The van der Waals surface area contributed by atoms with Crippen molar-refractivity contribution in [2.24, 2.45) is 5.41 Å². The summed E-state index contributed by atoms with van der Waals surface area (Å²) in [5.74, 6) is -1.30. The lowest BCUT2D eigenvalue weighted by Crippen LogP contribution is -2.38. The Balaban J connectivity index is 1.40. The number of halogens is 2. The second kappa shape index (κ2) is 9.05. The average Bonchev–Trinajstić information content (AvgIpc) is 3.30. The van der Waals surface area contributed by atoms with E-state index in [4.69, 9.17) is 4.98 Å². The first-order chi connectivity index (χ1) is 19.0. The van der Waals surface area contributed by atoms with E-state index in [0.29, 0.717) is 17.0 Å². The quantitative estimate of drug-likeness (QED) is 0.347. The molecular formula is C28H27F2N7O2S. The Hall–Kier alpha value is -3.93. The van der Waals surface area contributed by atoms with Crippen LogP contribution >= 0.6 is 0 Å². The topological polar surface area (TPSA) is 124 Å². The van der Waals surface area contributed by atoms with Crippen LogP contribution in [0.2, 0.25) is 0 Å². The predicted molar refractivity (Wildman–Crippen MR) is 145 cm³/mol. The van der Waals surface area contributed by atoms with Gasteiger partial charge in [-0.25, -0.2) is 32.2 Å². The Morgan fingerprint density at radius 2 is 1.70 bits per heavy atom. The highest BCUT2D eigenvalue weighted by atomic mass is 32.2. The van der Waals surface area contributed by atoms with Crippen molar-refractivity contribution in [2.75, 3.05) is 4.72 Å². The molecule has 3 heterocycles. The fourth-order valence-electron chi connectivity index (χ4n) is 6.23. The Morgan fingerprint density at radius 3 is 2.38 bits per heavy atom. The summed E-state index contributed by atoms with van der Waals surface area (Å²) in [6, 6.07) is 5.51. The molecule has 0 radical (unpaired) electrons. The van der Waals surface area contributed by atoms with E-state index < -0.39 is 32.3 Å². The summed E-state index contributed by atoms with van der Waals surface area (Å²) in [6.07, 6.45) is 7.94. The highest BCUT2D eigenvalue weighted by Gasteiger charge is 2.65. The van der Waals surface area contributed by atoms with Gasteiger partial charge in [-0.15, -0.1) is 5.10 Å². The third kappa shape index (κ3) is 3.80. The largest absolute Gasteiger partial charge is 0.261 e. The highest BCUT2D eigenvalue weighted by Crippen LogP contribution is 2.69. The van der Waals surface area contributed by atoms with Crippen LogP contribution in [0.25, 0.3) is 22.5 Å². The van der Waals surface area contributed by atoms with E-state index in [1.807, 2.05) is 0 Å². The van der Waals surface area contributed by atoms with Crippen LogP contribution < -0.4 is 4.72 Å². The number of anilines is 1. The van der Waals surface area contributed by atoms with E-state index in [0.717, 1.165) is 24.1 Å². The fraction of sp³-hybridized carbons (Fsp3) is 0.357. The van der Waals surface area contributed by atoms with Gasteiger partial charge in [-0.2, -0.15) is 5.10 Å². The summed E-state index contributed by atoms with van der Waals surface area (Å²) in [6.45, 7) is 7.44. The van der Waals surface area contributed by atoms with Gasteiger partial charge in [0.25, 0.3) is 0 Å². The molecule has 0 aliphatic heterocycles. The van der Waals surface area contributed by atoms with Gasteiger partial charge in [0, 0.05) is 24.2 Å². The summed E-state index contributed by atoms with van der Waals surface area (Å²) in [5.41, 5.74) is 2.52. The van der Waals surface area contributed by atoms with Crippen LogP contribution in [0.15, 0.2) is 49.1 Å². The molecule has 1 saturated carbocycles. The second-order valence-corrected chi connectivity index (χ2v) is 13.4. The van der Waals surface area contributed by atoms with Crippen molar-refractivity contribution in [2.45, 2.75) is 57.1 Å². The minimum absolute atomic E-state index is 0.0259. The molecule has 0 saturated heterocycles. The Labute approximate surface area is 230 Å². The molecule has 4 aromatic rings. The minimum atomic E-state index is -3.58. The van der Waals surface area contributed by atoms with Crippen LogP contribution in [0.5, 0.6) is 0 Å². The standard InChI is InChI=1S/C28H27F2N7O2S/c1-15(2)40(38,39)37-26-32-11-16(12-33-26)22-13-31-14-23(34-22)28-9-8-18(27(28,3)4)17-10-21(35-36-25(17)28)24-19(29)6-5-7-20(24)30/h5-7,10-15,18H,8-9H2,1-4H3,(H,32,33,37)/t18-,28-/m0/s1. The first-order valence-electron chi connectivity index (χ1n) is 12.9. The molecule has 6 rings (SSSR count). The Morgan fingerprint density at radius 1 is 1.00 bits per heavy atom. The van der Waals surface area contributed by atoms with Crippen LogP contribution in [0, 0.1) is 17.0 Å². The summed E-state index contributed by atoms with van der Waals surface area (Å²) in [4.78, 5) is 17.8. The number of hydrogen-bond donors (Lipinski definition) is 1. The molecule has 3 aromatic heterocycles. The zero-order valence-corrected chi connectivity index (χ0v) is 23.2. The summed E-state index contributed by atoms with van der Waals surface area (Å²) < 4.78 is 55.8. The molecule has 1 N–H and O–H groups in total. The molecular weight excluding hydrogens is 536 g/mol. The fourth-order valence-corrected chi connectivity index (χ4v) is 6.82. The molecule has 0 amide bonds. The molecule has 1 fully saturated rings. The second-order valence-electron chi connectivity index (χ2n) is 11.1. The lowest BCUT2D eigenvalue weighted by Gasteiger charge is -2.37. The van der Waals surface area contributed by atoms with Crippen molar-refractivity contribution in [3.05, 3.63) is 77.6 Å². The van der Waals surface area contributed by atoms with Gasteiger partial charge >= 0.3 is 0 Å². The molecule has 12 heteroatoms. The van der Waals surface area contributed by atoms with Crippen molar-refractivity contribution in [1.82, 2.24) is 30.1 Å². The Kier molecular flexibility index (Phi) is 5.95. The molecule has 40 heavy (non-hydrogen) atoms. The van der Waals surface area contributed by atoms with Crippen molar-refractivity contribution < 1.29 is 17.2 Å². The molecule has 206 valence electrons. The van der Waals surface area contributed by atoms with Gasteiger partial charge in [-0.05, 0) is 61.8 Å². The zero-order valence-electron chi connectivity index (χ0n) is 22.4. The maximum atomic E-state index is 14.5. The van der Waals surface area contributed by atoms with Gasteiger partial charge in [-0.1, -0.05) is 19.9 Å². The van der Waals surface area contributed by atoms with Crippen molar-refractivity contribution >= 4 is 16.0 Å². The van der Waals surface area contributed by atoms with Crippen LogP contribution in [0.1, 0.15) is 63.4 Å². The first kappa shape index (κ1) is 26.3. The number of benzene rings is 1. The molecule has 0 spiro atoms. The van der Waals surface area contributed by atoms with Gasteiger partial charge in [0.1, 0.15) is 11.6 Å². The third-order valence-corrected chi connectivity index (χ3v) is 10.2. The maximum absolute atomic E-state index is 14.5. The van der Waals surface area contributed by atoms with Crippen molar-refractivity contribution in [3.8, 4) is 22.5 Å². The number of nitrogens with one attached hydrogen (secondary N) is 1. The smallest absolute Gasteiger partial charge is 0.237 e. The zero-order chi connectivity index (χ0) is 28.4. The van der Waals surface area contributed by atoms with Crippen molar-refractivity contribution in [3.63, 3.8) is 0 Å². The van der Waals surface area contributed by atoms with E-state index in [1.165, 1.54) is 30.6 Å². The van der Waals surface area contributed by atoms with Gasteiger partial charge in [-0.3, -0.25) is 9.71 Å². The summed E-state index contributed by atoms with van der Waals surface area (Å²) in [7, 11) is -3.58. The number of fused-ring (bicyclic) bond motifs is 5. The van der Waals surface area contributed by atoms with Crippen LogP contribution in [0.4, 0.5) is 14.7 Å². The minimum Gasteiger partial charge on any atom is -0.261 e. The molecule has 2 aliphatic rings. The van der Waals surface area contributed by atoms with Gasteiger partial charge < -0.3 is 0 Å². The number of rotatable bonds is 6. The molecule has 1 aromatic carbocycles. The van der Waals surface area contributed by atoms with E-state index in [2.05, 4.69) is 43.7 Å². The first-order valence-corrected chi connectivity index (χ1v) is 14.5. The number of sulfonamides is 1. The Bertz CT molecular complexity index is 1730. The van der Waals surface area contributed by atoms with E-state index in [1.54, 1.807) is 32.3 Å². The lowest BCUT2D eigenvalue weighted by atomic mass is 9.66. The van der Waals surface area contributed by atoms with Gasteiger partial charge in [0.15, 0.2) is 0 Å². The monoisotopic (exact) mass is 563 g/mol. The van der Waals surface area contributed by atoms with Crippen molar-refractivity contribution in [1.29, 1.82) is 0 Å². The summed E-state index contributed by atoms with van der Waals surface area (Å²) >= 11 is 0. The number of nitrogens with zero attached hydrogens (tertiary/aromatic N) is 6. The predicted octanol–water partition coefficient (Wildman–Crippen LogP) is 5.02. The molecule has 2 aliphatic carbocycles. The lowest BCUT2D eigenvalue weighted by molar-refractivity contribution is 0.242. The number of aromatic nitrogens is 6. The average molecular weight is 564 g/mol. The maximum Gasteiger partial charge on any atom is 0.237 e. The third-order valence-electron chi connectivity index (χ3n) is 8.47. The normalized spacial score (nSPS) is 21.0. The van der Waals surface area contributed by atoms with Crippen LogP contribution in [-0.2, 0) is 15.4 Å². The van der Waals surface area contributed by atoms with E-state index in [-0.39, 0.29) is 28.5 Å². The number of hydrogen-bond acceptors (Lipinski definition) is 8. The van der Waals surface area contributed by atoms with Crippen LogP contribution in [-0.4, -0.2) is 43.8 Å². The molecule has 2 bridgehead atoms. The van der Waals surface area contributed by atoms with Crippen LogP contribution in [0.3, 0.4) is 0 Å². The van der Waals surface area contributed by atoms with Gasteiger partial charge in [0.2, 0.25) is 16.0 Å². The van der Waals surface area contributed by atoms with E-state index >= 15 is 0 Å². The SMILES string of the molecule is CC(C)S(=O)(=O)Nc1ncc(-c2cncc([C@@]34CC[C@@H](c5cc(-c6c(F)cccc6F)nnc53)C4(C)C)n2)cn1. The van der Waals surface area contributed by atoms with Gasteiger partial charge in [0.05, 0.1) is 45.2 Å². The highest BCUT2D eigenvalue weighted by molar-refractivity contribution is 7.93. The van der Waals surface area contributed by atoms with E-state index in [9.17, 15) is 17.2 Å². The molecule has 0 unspecified atom stereocenters. The summed E-state index contributed by atoms with van der Waals surface area (Å²) in [5, 5.41) is 8.21. The molecule has 2 atom stereocenters. The molecule has 9 nitrogen and oxygen atoms in total.